The maximum absolute atomic E-state index is 7.77. The average Bonchev–Trinajstić information content (AvgIpc) is 3.04. The molecule has 0 saturated carbocycles. The van der Waals surface area contributed by atoms with Crippen molar-refractivity contribution in [3.8, 4) is 22.4 Å². The number of pyridine rings is 1. The smallest absolute Gasteiger partial charge is 0.201 e. The summed E-state index contributed by atoms with van der Waals surface area (Å²) in [5.74, 6) is 0. The maximum atomic E-state index is 7.77. The lowest BCUT2D eigenvalue weighted by Crippen LogP contribution is -2.74. The van der Waals surface area contributed by atoms with Gasteiger partial charge < -0.3 is 0 Å². The fourth-order valence-corrected chi connectivity index (χ4v) is 6.67. The highest BCUT2D eigenvalue weighted by atomic mass is 14.9. The summed E-state index contributed by atoms with van der Waals surface area (Å²) < 4.78 is 25.2. The zero-order valence-corrected chi connectivity index (χ0v) is 23.4. The van der Waals surface area contributed by atoms with Gasteiger partial charge in [-0.25, -0.2) is 4.57 Å². The number of hydrogen-bond acceptors (Lipinski definition) is 0. The van der Waals surface area contributed by atoms with Gasteiger partial charge in [-0.3, -0.25) is 0 Å². The third kappa shape index (κ3) is 4.52. The minimum Gasteiger partial charge on any atom is -0.201 e. The first-order valence-corrected chi connectivity index (χ1v) is 14.2. The van der Waals surface area contributed by atoms with Crippen LogP contribution in [0.25, 0.3) is 22.4 Å². The molecule has 1 aliphatic heterocycles. The molecule has 41 heavy (non-hydrogen) atoms. The first-order chi connectivity index (χ1) is 21.3. The molecule has 3 heteroatoms. The first-order valence-electron chi connectivity index (χ1n) is 15.7. The minimum atomic E-state index is -2.13. The van der Waals surface area contributed by atoms with E-state index in [1.165, 1.54) is 38.3 Å². The maximum Gasteiger partial charge on any atom is 0.240 e. The van der Waals surface area contributed by atoms with Crippen LogP contribution in [0.4, 0.5) is 0 Å². The van der Waals surface area contributed by atoms with Crippen LogP contribution < -0.4 is 37.3 Å². The Bertz CT molecular complexity index is 1990. The standard InChI is InChI=1S/C38H32B2N/c1-27-18-23-38(41(3)26-27)33-21-19-29(24-28(33)2)30-20-22-36-37(25-30)40(32-14-8-5-9-15-32)35-17-11-10-16-34(35)39(36)31-12-6-4-7-13-31/h4-26H,1-3H3/q+1/i1D3. The van der Waals surface area contributed by atoms with Crippen molar-refractivity contribution >= 4 is 46.2 Å². The molecule has 0 atom stereocenters. The van der Waals surface area contributed by atoms with Crippen LogP contribution in [0, 0.1) is 13.8 Å². The highest BCUT2D eigenvalue weighted by Gasteiger charge is 2.38. The molecule has 0 unspecified atom stereocenters. The van der Waals surface area contributed by atoms with Crippen molar-refractivity contribution in [3.63, 3.8) is 0 Å². The molecule has 0 fully saturated rings. The van der Waals surface area contributed by atoms with E-state index < -0.39 is 6.85 Å². The van der Waals surface area contributed by atoms with E-state index in [1.807, 2.05) is 17.7 Å². The Morgan fingerprint density at radius 1 is 0.561 bits per heavy atom. The molecule has 1 nitrogen and oxygen atoms in total. The van der Waals surface area contributed by atoms with Gasteiger partial charge in [0.05, 0.1) is 0 Å². The summed E-state index contributed by atoms with van der Waals surface area (Å²) in [6, 6.07) is 47.8. The van der Waals surface area contributed by atoms with Crippen molar-refractivity contribution in [2.75, 3.05) is 0 Å². The van der Waals surface area contributed by atoms with Gasteiger partial charge in [0.25, 0.3) is 0 Å². The molecule has 5 aromatic carbocycles. The molecular weight excluding hydrogens is 492 g/mol. The van der Waals surface area contributed by atoms with E-state index in [-0.39, 0.29) is 13.4 Å². The molecule has 194 valence electrons. The largest absolute Gasteiger partial charge is 0.240 e. The van der Waals surface area contributed by atoms with E-state index in [0.717, 1.165) is 22.4 Å². The molecule has 2 heterocycles. The molecule has 6 aromatic rings. The average molecular weight is 527 g/mol. The lowest BCUT2D eigenvalue weighted by Gasteiger charge is -2.32. The second kappa shape index (κ2) is 10.4. The number of benzene rings is 5. The highest BCUT2D eigenvalue weighted by Crippen LogP contribution is 2.27. The van der Waals surface area contributed by atoms with Gasteiger partial charge in [0.2, 0.25) is 19.1 Å². The van der Waals surface area contributed by atoms with Gasteiger partial charge in [-0.15, -0.1) is 0 Å². The predicted molar refractivity (Wildman–Crippen MR) is 177 cm³/mol. The van der Waals surface area contributed by atoms with Gasteiger partial charge in [0, 0.05) is 21.3 Å². The van der Waals surface area contributed by atoms with Gasteiger partial charge >= 0.3 is 0 Å². The Hall–Kier alpha value is -4.62. The summed E-state index contributed by atoms with van der Waals surface area (Å²) in [5, 5.41) is 0. The second-order valence-electron chi connectivity index (χ2n) is 11.1. The highest BCUT2D eigenvalue weighted by molar-refractivity contribution is 7.11. The van der Waals surface area contributed by atoms with Crippen LogP contribution in [0.15, 0.2) is 140 Å². The fraction of sp³-hybridized carbons (Fsp3) is 0.0789. The number of aromatic nitrogens is 1. The van der Waals surface area contributed by atoms with Crippen LogP contribution in [0.5, 0.6) is 0 Å². The van der Waals surface area contributed by atoms with Crippen molar-refractivity contribution in [2.24, 2.45) is 7.05 Å². The summed E-state index contributed by atoms with van der Waals surface area (Å²) in [7, 11) is 1.91. The van der Waals surface area contributed by atoms with Gasteiger partial charge in [0.15, 0.2) is 6.20 Å². The SMILES string of the molecule is [2H]C([2H])([2H])c1ccc(-c2ccc(-c3ccc4c(c3)B(c3ccccc3)c3ccccc3B4c3ccccc3)cc2C)[n+](C)c1. The summed E-state index contributed by atoms with van der Waals surface area (Å²) >= 11 is 0. The molecule has 0 amide bonds. The van der Waals surface area contributed by atoms with Crippen LogP contribution in [-0.4, -0.2) is 13.4 Å². The molecule has 0 aliphatic carbocycles. The number of aryl methyl sites for hydroxylation is 3. The van der Waals surface area contributed by atoms with Crippen molar-refractivity contribution < 1.29 is 8.68 Å². The predicted octanol–water partition coefficient (Wildman–Crippen LogP) is 3.81. The minimum absolute atomic E-state index is 0.137. The Kier molecular flexibility index (Phi) is 5.61. The normalized spacial score (nSPS) is 13.6. The van der Waals surface area contributed by atoms with Gasteiger partial charge in [-0.2, -0.15) is 0 Å². The molecule has 0 spiro atoms. The van der Waals surface area contributed by atoms with E-state index in [1.54, 1.807) is 12.3 Å². The van der Waals surface area contributed by atoms with Gasteiger partial charge in [0.1, 0.15) is 7.05 Å². The van der Waals surface area contributed by atoms with Crippen molar-refractivity contribution in [1.29, 1.82) is 0 Å². The Morgan fingerprint density at radius 3 is 1.73 bits per heavy atom. The monoisotopic (exact) mass is 527 g/mol. The van der Waals surface area contributed by atoms with Crippen LogP contribution in [0.2, 0.25) is 0 Å². The Labute approximate surface area is 248 Å². The van der Waals surface area contributed by atoms with E-state index in [2.05, 4.69) is 128 Å². The number of rotatable bonds is 4. The fourth-order valence-electron chi connectivity index (χ4n) is 6.67. The number of nitrogens with zero attached hydrogens (tertiary/aromatic N) is 1. The van der Waals surface area contributed by atoms with Crippen LogP contribution >= 0.6 is 0 Å². The van der Waals surface area contributed by atoms with Crippen LogP contribution in [0.1, 0.15) is 15.2 Å². The molecule has 0 N–H and O–H groups in total. The molecule has 0 radical (unpaired) electrons. The molecule has 0 bridgehead atoms. The van der Waals surface area contributed by atoms with Crippen molar-refractivity contribution in [2.45, 2.75) is 13.8 Å². The van der Waals surface area contributed by atoms with E-state index in [4.69, 9.17) is 4.11 Å². The Morgan fingerprint density at radius 2 is 1.12 bits per heavy atom. The quantitative estimate of drug-likeness (QED) is 0.242. The van der Waals surface area contributed by atoms with E-state index in [9.17, 15) is 0 Å². The van der Waals surface area contributed by atoms with Crippen LogP contribution in [0.3, 0.4) is 0 Å². The van der Waals surface area contributed by atoms with E-state index in [0.29, 0.717) is 5.56 Å². The van der Waals surface area contributed by atoms with E-state index >= 15 is 0 Å². The summed E-state index contributed by atoms with van der Waals surface area (Å²) in [5.41, 5.74) is 13.9. The second-order valence-corrected chi connectivity index (χ2v) is 11.1. The molecule has 1 aromatic heterocycles. The van der Waals surface area contributed by atoms with Gasteiger partial charge in [-0.1, -0.05) is 148 Å². The number of hydrogen-bond donors (Lipinski definition) is 0. The number of fused-ring (bicyclic) bond motifs is 2. The zero-order valence-electron chi connectivity index (χ0n) is 26.4. The summed E-state index contributed by atoms with van der Waals surface area (Å²) in [6.45, 7) is 0.305. The zero-order chi connectivity index (χ0) is 30.4. The Balaban J connectivity index is 1.36. The lowest BCUT2D eigenvalue weighted by molar-refractivity contribution is -0.660. The topological polar surface area (TPSA) is 3.88 Å². The molecule has 1 aliphatic rings. The van der Waals surface area contributed by atoms with Crippen molar-refractivity contribution in [1.82, 2.24) is 0 Å². The third-order valence-electron chi connectivity index (χ3n) is 8.56. The summed E-state index contributed by atoms with van der Waals surface area (Å²) in [4.78, 5) is 0. The van der Waals surface area contributed by atoms with Gasteiger partial charge in [-0.05, 0) is 42.6 Å². The molecular formula is C38H32B2N+. The van der Waals surface area contributed by atoms with Crippen molar-refractivity contribution in [3.05, 3.63) is 151 Å². The molecule has 0 saturated heterocycles. The van der Waals surface area contributed by atoms with Crippen LogP contribution in [-0.2, 0) is 7.05 Å². The lowest BCUT2D eigenvalue weighted by atomic mass is 9.21. The first kappa shape index (κ1) is 22.1. The summed E-state index contributed by atoms with van der Waals surface area (Å²) in [6.07, 6.45) is 1.71. The third-order valence-corrected chi connectivity index (χ3v) is 8.56. The molecule has 7 rings (SSSR count).